The Morgan fingerprint density at radius 1 is 1.41 bits per heavy atom. The number of aliphatic imine (C=N–C) groups is 1. The van der Waals surface area contributed by atoms with Crippen molar-refractivity contribution < 1.29 is 4.79 Å². The summed E-state index contributed by atoms with van der Waals surface area (Å²) in [5.74, 6) is 0.619. The molecule has 2 aromatic rings. The lowest BCUT2D eigenvalue weighted by Crippen LogP contribution is -2.52. The molecule has 2 aliphatic rings. The first-order chi connectivity index (χ1) is 12.9. The number of hydrogen-bond acceptors (Lipinski definition) is 3. The first-order valence-electron chi connectivity index (χ1n) is 9.58. The largest absolute Gasteiger partial charge is 0.345 e. The number of aryl methyl sites for hydroxylation is 2. The molecule has 0 saturated heterocycles. The van der Waals surface area contributed by atoms with Crippen LogP contribution in [0.3, 0.4) is 0 Å². The van der Waals surface area contributed by atoms with E-state index in [1.807, 2.05) is 0 Å². The van der Waals surface area contributed by atoms with Gasteiger partial charge in [0.1, 0.15) is 0 Å². The minimum absolute atomic E-state index is 0.0756. The van der Waals surface area contributed by atoms with E-state index >= 15 is 0 Å². The van der Waals surface area contributed by atoms with Gasteiger partial charge in [-0.3, -0.25) is 9.79 Å². The number of carbonyl (C=O) groups excluding carboxylic acids is 1. The summed E-state index contributed by atoms with van der Waals surface area (Å²) in [5.41, 5.74) is 5.25. The second-order valence-corrected chi connectivity index (χ2v) is 8.26. The van der Waals surface area contributed by atoms with Crippen LogP contribution in [0.5, 0.6) is 0 Å². The summed E-state index contributed by atoms with van der Waals surface area (Å²) in [7, 11) is 0. The normalized spacial score (nSPS) is 18.0. The standard InChI is InChI=1S/C21H25ClN4O/c1-4-14-8-17(26-12-16(22)10-24-26)7-13(2)18(14)9-20(27)25-21(3,15-5-6-15)19-11-23-19/h7-8,10,12,15H,4-6,9,11H2,1-3H3,(H,25,27). The van der Waals surface area contributed by atoms with Gasteiger partial charge in [0.2, 0.25) is 5.91 Å². The van der Waals surface area contributed by atoms with Gasteiger partial charge in [0, 0.05) is 6.20 Å². The molecule has 0 radical (unpaired) electrons. The van der Waals surface area contributed by atoms with Crippen molar-refractivity contribution in [2.24, 2.45) is 10.9 Å². The molecule has 1 unspecified atom stereocenters. The lowest BCUT2D eigenvalue weighted by Gasteiger charge is -2.28. The Labute approximate surface area is 164 Å². The summed E-state index contributed by atoms with van der Waals surface area (Å²) in [6.45, 7) is 7.10. The fourth-order valence-electron chi connectivity index (χ4n) is 3.95. The van der Waals surface area contributed by atoms with Crippen molar-refractivity contribution in [2.45, 2.75) is 52.0 Å². The molecule has 1 amide bonds. The van der Waals surface area contributed by atoms with Crippen molar-refractivity contribution in [2.75, 3.05) is 6.54 Å². The molecule has 1 aliphatic heterocycles. The fourth-order valence-corrected chi connectivity index (χ4v) is 4.08. The van der Waals surface area contributed by atoms with Gasteiger partial charge in [-0.25, -0.2) is 4.68 Å². The van der Waals surface area contributed by atoms with Crippen molar-refractivity contribution in [3.05, 3.63) is 46.2 Å². The van der Waals surface area contributed by atoms with Crippen LogP contribution in [-0.4, -0.2) is 33.5 Å². The molecular formula is C21H25ClN4O. The van der Waals surface area contributed by atoms with E-state index in [1.54, 1.807) is 17.1 Å². The lowest BCUT2D eigenvalue weighted by molar-refractivity contribution is -0.121. The van der Waals surface area contributed by atoms with E-state index in [1.165, 1.54) is 18.4 Å². The second kappa shape index (κ2) is 6.79. The number of aromatic nitrogens is 2. The zero-order chi connectivity index (χ0) is 19.2. The second-order valence-electron chi connectivity index (χ2n) is 7.82. The summed E-state index contributed by atoms with van der Waals surface area (Å²) in [6.07, 6.45) is 7.03. The number of benzene rings is 1. The Bertz CT molecular complexity index is 928. The van der Waals surface area contributed by atoms with E-state index in [-0.39, 0.29) is 11.4 Å². The van der Waals surface area contributed by atoms with Crippen LogP contribution in [0.1, 0.15) is 43.4 Å². The SMILES string of the molecule is CCc1cc(-n2cc(Cl)cn2)cc(C)c1CC(=O)NC(C)(C1=NC1)C1CC1. The zero-order valence-corrected chi connectivity index (χ0v) is 16.8. The molecule has 6 heteroatoms. The van der Waals surface area contributed by atoms with Crippen LogP contribution < -0.4 is 5.32 Å². The van der Waals surface area contributed by atoms with E-state index in [9.17, 15) is 4.79 Å². The molecule has 2 heterocycles. The summed E-state index contributed by atoms with van der Waals surface area (Å²) in [5, 5.41) is 8.18. The highest BCUT2D eigenvalue weighted by Crippen LogP contribution is 2.42. The van der Waals surface area contributed by atoms with E-state index in [0.29, 0.717) is 17.4 Å². The minimum atomic E-state index is -0.247. The average molecular weight is 385 g/mol. The van der Waals surface area contributed by atoms with Crippen molar-refractivity contribution >= 4 is 23.2 Å². The molecule has 1 saturated carbocycles. The number of halogens is 1. The molecule has 27 heavy (non-hydrogen) atoms. The molecule has 1 aliphatic carbocycles. The predicted molar refractivity (Wildman–Crippen MR) is 108 cm³/mol. The predicted octanol–water partition coefficient (Wildman–Crippen LogP) is 3.68. The number of amides is 1. The van der Waals surface area contributed by atoms with E-state index in [0.717, 1.165) is 35.5 Å². The van der Waals surface area contributed by atoms with Crippen LogP contribution >= 0.6 is 11.6 Å². The van der Waals surface area contributed by atoms with Gasteiger partial charge >= 0.3 is 0 Å². The molecule has 1 aromatic carbocycles. The third kappa shape index (κ3) is 3.65. The van der Waals surface area contributed by atoms with Crippen molar-refractivity contribution in [3.63, 3.8) is 0 Å². The lowest BCUT2D eigenvalue weighted by atomic mass is 9.91. The molecule has 0 bridgehead atoms. The van der Waals surface area contributed by atoms with Gasteiger partial charge in [0.05, 0.1) is 41.1 Å². The van der Waals surface area contributed by atoms with Crippen molar-refractivity contribution in [3.8, 4) is 5.69 Å². The molecule has 1 N–H and O–H groups in total. The number of rotatable bonds is 7. The maximum Gasteiger partial charge on any atom is 0.225 e. The van der Waals surface area contributed by atoms with Gasteiger partial charge in [-0.05, 0) is 67.9 Å². The Hall–Kier alpha value is -2.14. The Morgan fingerprint density at radius 3 is 2.70 bits per heavy atom. The number of nitrogens with zero attached hydrogens (tertiary/aromatic N) is 3. The van der Waals surface area contributed by atoms with Gasteiger partial charge in [-0.2, -0.15) is 5.10 Å². The highest BCUT2D eigenvalue weighted by Gasteiger charge is 2.48. The van der Waals surface area contributed by atoms with Gasteiger partial charge < -0.3 is 5.32 Å². The highest BCUT2D eigenvalue weighted by molar-refractivity contribution is 6.30. The molecule has 4 rings (SSSR count). The van der Waals surface area contributed by atoms with Crippen LogP contribution in [0, 0.1) is 12.8 Å². The molecule has 5 nitrogen and oxygen atoms in total. The molecule has 1 atom stereocenters. The number of hydrogen-bond donors (Lipinski definition) is 1. The Kier molecular flexibility index (Phi) is 4.58. The van der Waals surface area contributed by atoms with Gasteiger partial charge in [-0.1, -0.05) is 18.5 Å². The van der Waals surface area contributed by atoms with Crippen molar-refractivity contribution in [1.82, 2.24) is 15.1 Å². The monoisotopic (exact) mass is 384 g/mol. The Morgan fingerprint density at radius 2 is 2.15 bits per heavy atom. The quantitative estimate of drug-likeness (QED) is 0.791. The summed E-state index contributed by atoms with van der Waals surface area (Å²) in [6, 6.07) is 4.17. The van der Waals surface area contributed by atoms with Crippen LogP contribution in [0.25, 0.3) is 5.69 Å². The van der Waals surface area contributed by atoms with E-state index < -0.39 is 0 Å². The Balaban J connectivity index is 1.56. The average Bonchev–Trinajstić information content (AvgIpc) is 3.53. The molecule has 1 aromatic heterocycles. The van der Waals surface area contributed by atoms with Gasteiger partial charge in [0.15, 0.2) is 0 Å². The zero-order valence-electron chi connectivity index (χ0n) is 16.1. The third-order valence-electron chi connectivity index (χ3n) is 5.79. The number of nitrogens with one attached hydrogen (secondary N) is 1. The van der Waals surface area contributed by atoms with E-state index in [4.69, 9.17) is 11.6 Å². The van der Waals surface area contributed by atoms with Crippen LogP contribution in [0.4, 0.5) is 0 Å². The molecule has 142 valence electrons. The van der Waals surface area contributed by atoms with Crippen LogP contribution in [0.15, 0.2) is 29.5 Å². The highest BCUT2D eigenvalue weighted by atomic mass is 35.5. The van der Waals surface area contributed by atoms with Crippen LogP contribution in [-0.2, 0) is 17.6 Å². The van der Waals surface area contributed by atoms with Gasteiger partial charge in [0.25, 0.3) is 0 Å². The maximum absolute atomic E-state index is 12.9. The topological polar surface area (TPSA) is 59.3 Å². The molecule has 0 spiro atoms. The van der Waals surface area contributed by atoms with E-state index in [2.05, 4.69) is 48.3 Å². The fraction of sp³-hybridized carbons (Fsp3) is 0.476. The minimum Gasteiger partial charge on any atom is -0.345 e. The first kappa shape index (κ1) is 18.2. The molecule has 1 fully saturated rings. The van der Waals surface area contributed by atoms with Crippen LogP contribution in [0.2, 0.25) is 5.02 Å². The molecular weight excluding hydrogens is 360 g/mol. The smallest absolute Gasteiger partial charge is 0.225 e. The first-order valence-corrected chi connectivity index (χ1v) is 9.96. The summed E-state index contributed by atoms with van der Waals surface area (Å²) in [4.78, 5) is 17.2. The summed E-state index contributed by atoms with van der Waals surface area (Å²) >= 11 is 6.00. The van der Waals surface area contributed by atoms with Gasteiger partial charge in [-0.15, -0.1) is 0 Å². The third-order valence-corrected chi connectivity index (χ3v) is 5.99. The van der Waals surface area contributed by atoms with Crippen molar-refractivity contribution in [1.29, 1.82) is 0 Å². The summed E-state index contributed by atoms with van der Waals surface area (Å²) < 4.78 is 1.77. The maximum atomic E-state index is 12.9. The number of carbonyl (C=O) groups is 1.